The van der Waals surface area contributed by atoms with E-state index in [4.69, 9.17) is 0 Å². The molecule has 2 heterocycles. The number of thioether (sulfide) groups is 1. The molecule has 1 amide bonds. The van der Waals surface area contributed by atoms with Gasteiger partial charge in [-0.25, -0.2) is 4.68 Å². The van der Waals surface area contributed by atoms with E-state index in [1.54, 1.807) is 23.3 Å². The minimum atomic E-state index is -0.467. The highest BCUT2D eigenvalue weighted by atomic mass is 32.2. The van der Waals surface area contributed by atoms with E-state index >= 15 is 0 Å². The summed E-state index contributed by atoms with van der Waals surface area (Å²) in [6.45, 7) is 7.91. The summed E-state index contributed by atoms with van der Waals surface area (Å²) in [6.07, 6.45) is 0. The quantitative estimate of drug-likeness (QED) is 0.313. The zero-order chi connectivity index (χ0) is 25.1. The highest BCUT2D eigenvalue weighted by molar-refractivity contribution is 8.02. The second-order valence-electron chi connectivity index (χ2n) is 8.46. The zero-order valence-electron chi connectivity index (χ0n) is 20.3. The molecule has 8 nitrogen and oxygen atoms in total. The van der Waals surface area contributed by atoms with Crippen molar-refractivity contribution in [3.8, 4) is 5.69 Å². The van der Waals surface area contributed by atoms with Gasteiger partial charge < -0.3 is 10.6 Å². The second kappa shape index (κ2) is 10.5. The fourth-order valence-corrected chi connectivity index (χ4v) is 5.44. The third-order valence-corrected chi connectivity index (χ3v) is 7.71. The summed E-state index contributed by atoms with van der Waals surface area (Å²) in [5.41, 5.74) is 3.62. The number of aromatic nitrogens is 4. The maximum Gasteiger partial charge on any atom is 0.295 e. The Labute approximate surface area is 212 Å². The number of hydrogen-bond acceptors (Lipinski definition) is 7. The molecule has 0 aliphatic carbocycles. The minimum absolute atomic E-state index is 0.269. The molecule has 1 unspecified atom stereocenters. The Hall–Kier alpha value is -3.37. The van der Waals surface area contributed by atoms with E-state index in [-0.39, 0.29) is 17.2 Å². The largest absolute Gasteiger partial charge is 0.330 e. The van der Waals surface area contributed by atoms with Crippen molar-refractivity contribution in [2.75, 3.05) is 10.6 Å². The Kier molecular flexibility index (Phi) is 7.42. The SMILES string of the molecule is Cc1c(NC(=O)C(C)Sc2nnc(Nc3ccc(C(C)C)cc3)s2)c(=O)n(-c2ccccc2)n1C. The van der Waals surface area contributed by atoms with E-state index in [1.165, 1.54) is 28.7 Å². The Morgan fingerprint density at radius 2 is 1.71 bits per heavy atom. The van der Waals surface area contributed by atoms with Crippen molar-refractivity contribution in [2.45, 2.75) is 43.2 Å². The average molecular weight is 509 g/mol. The van der Waals surface area contributed by atoms with Gasteiger partial charge in [0.2, 0.25) is 11.0 Å². The highest BCUT2D eigenvalue weighted by Crippen LogP contribution is 2.31. The number of anilines is 3. The number of hydrogen-bond donors (Lipinski definition) is 2. The summed E-state index contributed by atoms with van der Waals surface area (Å²) in [6, 6.07) is 17.5. The van der Waals surface area contributed by atoms with Crippen LogP contribution >= 0.6 is 23.1 Å². The van der Waals surface area contributed by atoms with E-state index in [0.717, 1.165) is 11.4 Å². The Morgan fingerprint density at radius 1 is 1.03 bits per heavy atom. The van der Waals surface area contributed by atoms with Crippen LogP contribution in [0.4, 0.5) is 16.5 Å². The Morgan fingerprint density at radius 3 is 2.37 bits per heavy atom. The summed E-state index contributed by atoms with van der Waals surface area (Å²) in [5.74, 6) is 0.206. The monoisotopic (exact) mass is 508 g/mol. The third-order valence-electron chi connectivity index (χ3n) is 5.68. The van der Waals surface area contributed by atoms with Gasteiger partial charge in [0, 0.05) is 12.7 Å². The second-order valence-corrected chi connectivity index (χ2v) is 11.0. The van der Waals surface area contributed by atoms with Gasteiger partial charge in [0.15, 0.2) is 4.34 Å². The molecule has 0 saturated heterocycles. The van der Waals surface area contributed by atoms with E-state index in [1.807, 2.05) is 49.4 Å². The fraction of sp³-hybridized carbons (Fsp3) is 0.280. The number of benzene rings is 2. The van der Waals surface area contributed by atoms with E-state index in [0.29, 0.717) is 21.1 Å². The number of carbonyl (C=O) groups is 1. The van der Waals surface area contributed by atoms with E-state index < -0.39 is 5.25 Å². The molecular formula is C25H28N6O2S2. The number of rotatable bonds is 8. The molecule has 0 aliphatic rings. The van der Waals surface area contributed by atoms with Gasteiger partial charge in [-0.3, -0.25) is 14.3 Å². The molecule has 4 aromatic rings. The van der Waals surface area contributed by atoms with Crippen LogP contribution < -0.4 is 16.2 Å². The van der Waals surface area contributed by atoms with Crippen LogP contribution in [0.25, 0.3) is 5.69 Å². The molecule has 0 spiro atoms. The minimum Gasteiger partial charge on any atom is -0.330 e. The van der Waals surface area contributed by atoms with Crippen LogP contribution in [-0.4, -0.2) is 30.7 Å². The zero-order valence-corrected chi connectivity index (χ0v) is 21.9. The molecule has 0 bridgehead atoms. The first-order chi connectivity index (χ1) is 16.7. The van der Waals surface area contributed by atoms with E-state index in [2.05, 4.69) is 46.8 Å². The predicted molar refractivity (Wildman–Crippen MR) is 143 cm³/mol. The molecule has 0 saturated carbocycles. The van der Waals surface area contributed by atoms with Gasteiger partial charge >= 0.3 is 0 Å². The molecule has 4 rings (SSSR count). The lowest BCUT2D eigenvalue weighted by Gasteiger charge is -2.09. The first kappa shape index (κ1) is 24.7. The molecule has 182 valence electrons. The maximum absolute atomic E-state index is 13.1. The van der Waals surface area contributed by atoms with Gasteiger partial charge in [-0.05, 0) is 49.6 Å². The van der Waals surface area contributed by atoms with Crippen LogP contribution in [0.3, 0.4) is 0 Å². The van der Waals surface area contributed by atoms with Crippen molar-refractivity contribution in [1.82, 2.24) is 19.6 Å². The lowest BCUT2D eigenvalue weighted by Crippen LogP contribution is -2.27. The molecule has 0 radical (unpaired) electrons. The Bertz CT molecular complexity index is 1370. The van der Waals surface area contributed by atoms with E-state index in [9.17, 15) is 9.59 Å². The first-order valence-corrected chi connectivity index (χ1v) is 13.0. The molecular weight excluding hydrogens is 480 g/mol. The van der Waals surface area contributed by atoms with Gasteiger partial charge in [0.05, 0.1) is 16.6 Å². The number of para-hydroxylation sites is 1. The van der Waals surface area contributed by atoms with Gasteiger partial charge in [-0.15, -0.1) is 10.2 Å². The Balaban J connectivity index is 1.42. The van der Waals surface area contributed by atoms with Crippen LogP contribution in [0.5, 0.6) is 0 Å². The number of nitrogens with zero attached hydrogens (tertiary/aromatic N) is 4. The molecule has 2 aromatic carbocycles. The third kappa shape index (κ3) is 5.49. The summed E-state index contributed by atoms with van der Waals surface area (Å²) < 4.78 is 3.95. The van der Waals surface area contributed by atoms with Crippen molar-refractivity contribution in [1.29, 1.82) is 0 Å². The molecule has 0 fully saturated rings. The van der Waals surface area contributed by atoms with Gasteiger partial charge in [0.25, 0.3) is 5.56 Å². The lowest BCUT2D eigenvalue weighted by atomic mass is 10.0. The first-order valence-electron chi connectivity index (χ1n) is 11.3. The number of amides is 1. The van der Waals surface area contributed by atoms with Crippen molar-refractivity contribution < 1.29 is 4.79 Å². The summed E-state index contributed by atoms with van der Waals surface area (Å²) in [5, 5.41) is 14.7. The topological polar surface area (TPSA) is 93.8 Å². The van der Waals surface area contributed by atoms with Crippen molar-refractivity contribution in [3.05, 3.63) is 76.2 Å². The summed E-state index contributed by atoms with van der Waals surface area (Å²) in [4.78, 5) is 26.0. The normalized spacial score (nSPS) is 12.1. The van der Waals surface area contributed by atoms with Crippen LogP contribution in [0.2, 0.25) is 0 Å². The molecule has 0 aliphatic heterocycles. The van der Waals surface area contributed by atoms with Gasteiger partial charge in [0.1, 0.15) is 5.69 Å². The predicted octanol–water partition coefficient (Wildman–Crippen LogP) is 5.32. The van der Waals surface area contributed by atoms with Crippen LogP contribution in [-0.2, 0) is 11.8 Å². The lowest BCUT2D eigenvalue weighted by molar-refractivity contribution is -0.115. The standard InChI is InChI=1S/C25H28N6O2S2/c1-15(2)18-11-13-19(14-12-18)26-24-28-29-25(35-24)34-17(4)22(32)27-21-16(3)30(5)31(23(21)33)20-9-7-6-8-10-20/h6-15,17H,1-5H3,(H,26,28)(H,27,32). The summed E-state index contributed by atoms with van der Waals surface area (Å²) in [7, 11) is 1.80. The number of carbonyl (C=O) groups excluding carboxylic acids is 1. The van der Waals surface area contributed by atoms with Crippen molar-refractivity contribution in [2.24, 2.45) is 7.05 Å². The summed E-state index contributed by atoms with van der Waals surface area (Å²) >= 11 is 2.69. The van der Waals surface area contributed by atoms with Crippen LogP contribution in [0, 0.1) is 6.92 Å². The smallest absolute Gasteiger partial charge is 0.295 e. The molecule has 1 atom stereocenters. The maximum atomic E-state index is 13.1. The van der Waals surface area contributed by atoms with Crippen LogP contribution in [0.1, 0.15) is 37.9 Å². The molecule has 2 N–H and O–H groups in total. The van der Waals surface area contributed by atoms with Crippen molar-refractivity contribution >= 4 is 45.5 Å². The highest BCUT2D eigenvalue weighted by Gasteiger charge is 2.22. The van der Waals surface area contributed by atoms with Gasteiger partial charge in [-0.1, -0.05) is 67.3 Å². The fourth-order valence-electron chi connectivity index (χ4n) is 3.52. The molecule has 2 aromatic heterocycles. The molecule has 35 heavy (non-hydrogen) atoms. The number of nitrogens with one attached hydrogen (secondary N) is 2. The van der Waals surface area contributed by atoms with Crippen LogP contribution in [0.15, 0.2) is 63.7 Å². The van der Waals surface area contributed by atoms with Crippen molar-refractivity contribution in [3.63, 3.8) is 0 Å². The average Bonchev–Trinajstić information content (AvgIpc) is 3.37. The molecule has 10 heteroatoms. The van der Waals surface area contributed by atoms with Gasteiger partial charge in [-0.2, -0.15) is 0 Å².